The van der Waals surface area contributed by atoms with Crippen LogP contribution >= 0.6 is 15.9 Å². The van der Waals surface area contributed by atoms with Crippen molar-refractivity contribution >= 4 is 27.9 Å². The Balaban J connectivity index is 2.96. The molecule has 0 atom stereocenters. The fraction of sp³-hybridized carbons (Fsp3) is 0.400. The highest BCUT2D eigenvalue weighted by atomic mass is 79.9. The van der Waals surface area contributed by atoms with E-state index in [1.807, 2.05) is 6.92 Å². The maximum atomic E-state index is 13.4. The summed E-state index contributed by atoms with van der Waals surface area (Å²) in [7, 11) is 0. The van der Waals surface area contributed by atoms with E-state index < -0.39 is 11.6 Å². The first-order valence-corrected chi connectivity index (χ1v) is 7.28. The van der Waals surface area contributed by atoms with Gasteiger partial charge in [-0.3, -0.25) is 4.79 Å². The van der Waals surface area contributed by atoms with Gasteiger partial charge in [-0.2, -0.15) is 0 Å². The Morgan fingerprint density at radius 3 is 2.70 bits per heavy atom. The van der Waals surface area contributed by atoms with Crippen LogP contribution < -0.4 is 5.32 Å². The quantitative estimate of drug-likeness (QED) is 0.479. The summed E-state index contributed by atoms with van der Waals surface area (Å²) in [5.74, 6) is -2.05. The van der Waals surface area contributed by atoms with Gasteiger partial charge in [-0.25, -0.2) is 8.78 Å². The van der Waals surface area contributed by atoms with Crippen LogP contribution in [-0.4, -0.2) is 12.5 Å². The summed E-state index contributed by atoms with van der Waals surface area (Å²) >= 11 is 3.01. The van der Waals surface area contributed by atoms with E-state index in [-0.39, 0.29) is 10.4 Å². The Kier molecular flexibility index (Phi) is 6.33. The van der Waals surface area contributed by atoms with Crippen molar-refractivity contribution in [3.05, 3.63) is 38.9 Å². The van der Waals surface area contributed by atoms with E-state index in [0.717, 1.165) is 18.9 Å². The predicted octanol–water partition coefficient (Wildman–Crippen LogP) is 4.36. The summed E-state index contributed by atoms with van der Waals surface area (Å²) in [6.45, 7) is 5.97. The van der Waals surface area contributed by atoms with Gasteiger partial charge in [-0.1, -0.05) is 13.3 Å². The summed E-state index contributed by atoms with van der Waals surface area (Å²) < 4.78 is 26.8. The van der Waals surface area contributed by atoms with Crippen molar-refractivity contribution in [3.8, 4) is 0 Å². The third-order valence-corrected chi connectivity index (χ3v) is 3.94. The van der Waals surface area contributed by atoms with Gasteiger partial charge in [0.15, 0.2) is 11.6 Å². The van der Waals surface area contributed by atoms with E-state index in [1.54, 1.807) is 19.9 Å². The van der Waals surface area contributed by atoms with E-state index in [4.69, 9.17) is 0 Å². The molecule has 0 bridgehead atoms. The van der Waals surface area contributed by atoms with Gasteiger partial charge in [0.25, 0.3) is 0 Å². The van der Waals surface area contributed by atoms with Gasteiger partial charge in [0.05, 0.1) is 4.47 Å². The van der Waals surface area contributed by atoms with Crippen LogP contribution in [0, 0.1) is 18.6 Å². The molecule has 0 unspecified atom stereocenters. The van der Waals surface area contributed by atoms with Gasteiger partial charge < -0.3 is 5.32 Å². The van der Waals surface area contributed by atoms with E-state index in [0.29, 0.717) is 23.2 Å². The van der Waals surface area contributed by atoms with E-state index in [9.17, 15) is 13.6 Å². The minimum absolute atomic E-state index is 0.0861. The molecule has 0 aliphatic heterocycles. The molecule has 1 amide bonds. The van der Waals surface area contributed by atoms with Gasteiger partial charge in [0.2, 0.25) is 5.91 Å². The van der Waals surface area contributed by atoms with Gasteiger partial charge in [0, 0.05) is 12.1 Å². The molecule has 1 aromatic rings. The Morgan fingerprint density at radius 1 is 1.45 bits per heavy atom. The molecule has 0 spiro atoms. The normalized spacial score (nSPS) is 11.6. The number of nitrogens with one attached hydrogen (secondary N) is 1. The van der Waals surface area contributed by atoms with E-state index in [1.165, 1.54) is 0 Å². The average molecular weight is 346 g/mol. The fourth-order valence-electron chi connectivity index (χ4n) is 1.67. The predicted molar refractivity (Wildman–Crippen MR) is 80.4 cm³/mol. The minimum atomic E-state index is -0.937. The maximum absolute atomic E-state index is 13.4. The van der Waals surface area contributed by atoms with Crippen LogP contribution in [0.5, 0.6) is 0 Å². The molecule has 5 heteroatoms. The van der Waals surface area contributed by atoms with Crippen LogP contribution in [0.15, 0.2) is 16.1 Å². The molecule has 20 heavy (non-hydrogen) atoms. The van der Waals surface area contributed by atoms with Gasteiger partial charge >= 0.3 is 0 Å². The molecule has 0 radical (unpaired) electrons. The number of benzene rings is 1. The number of amides is 1. The molecule has 1 N–H and O–H groups in total. The second kappa shape index (κ2) is 7.53. The second-order valence-corrected chi connectivity index (χ2v) is 5.43. The van der Waals surface area contributed by atoms with Crippen LogP contribution in [0.2, 0.25) is 0 Å². The van der Waals surface area contributed by atoms with Crippen molar-refractivity contribution in [1.82, 2.24) is 5.32 Å². The molecule has 0 aliphatic rings. The summed E-state index contributed by atoms with van der Waals surface area (Å²) in [5.41, 5.74) is 1.51. The monoisotopic (exact) mass is 345 g/mol. The Hall–Kier alpha value is -1.23. The maximum Gasteiger partial charge on any atom is 0.246 e. The molecule has 0 heterocycles. The lowest BCUT2D eigenvalue weighted by Gasteiger charge is -2.08. The zero-order valence-corrected chi connectivity index (χ0v) is 13.4. The summed E-state index contributed by atoms with van der Waals surface area (Å²) in [5, 5.41) is 2.78. The Morgan fingerprint density at radius 2 is 2.10 bits per heavy atom. The summed E-state index contributed by atoms with van der Waals surface area (Å²) in [6, 6.07) is 1.10. The molecular formula is C15H18BrF2NO. The second-order valence-electron chi connectivity index (χ2n) is 4.64. The number of halogens is 3. The number of carbonyl (C=O) groups is 1. The number of unbranched alkanes of at least 4 members (excludes halogenated alkanes) is 1. The first kappa shape index (κ1) is 16.8. The number of carbonyl (C=O) groups excluding carboxylic acids is 1. The summed E-state index contributed by atoms with van der Waals surface area (Å²) in [6.07, 6.45) is 3.47. The van der Waals surface area contributed by atoms with Crippen LogP contribution in [0.3, 0.4) is 0 Å². The highest BCUT2D eigenvalue weighted by Crippen LogP contribution is 2.27. The van der Waals surface area contributed by atoms with Gasteiger partial charge in [-0.05, 0) is 59.5 Å². The summed E-state index contributed by atoms with van der Waals surface area (Å²) in [4.78, 5) is 11.8. The topological polar surface area (TPSA) is 29.1 Å². The number of hydrogen-bond donors (Lipinski definition) is 1. The van der Waals surface area contributed by atoms with Crippen LogP contribution in [-0.2, 0) is 4.79 Å². The van der Waals surface area contributed by atoms with Crippen molar-refractivity contribution < 1.29 is 13.6 Å². The van der Waals surface area contributed by atoms with Gasteiger partial charge in [0.1, 0.15) is 0 Å². The van der Waals surface area contributed by atoms with Crippen LogP contribution in [0.1, 0.15) is 37.8 Å². The lowest BCUT2D eigenvalue weighted by Crippen LogP contribution is -2.24. The highest BCUT2D eigenvalue weighted by molar-refractivity contribution is 9.10. The molecule has 110 valence electrons. The van der Waals surface area contributed by atoms with Crippen molar-refractivity contribution in [2.75, 3.05) is 6.54 Å². The molecule has 1 aromatic carbocycles. The first-order valence-electron chi connectivity index (χ1n) is 6.49. The highest BCUT2D eigenvalue weighted by Gasteiger charge is 2.13. The average Bonchev–Trinajstić information content (AvgIpc) is 2.42. The van der Waals surface area contributed by atoms with E-state index >= 15 is 0 Å². The zero-order chi connectivity index (χ0) is 15.3. The van der Waals surface area contributed by atoms with Crippen molar-refractivity contribution in [3.63, 3.8) is 0 Å². The number of rotatable bonds is 5. The van der Waals surface area contributed by atoms with E-state index in [2.05, 4.69) is 21.2 Å². The van der Waals surface area contributed by atoms with Crippen LogP contribution in [0.4, 0.5) is 8.78 Å². The third-order valence-electron chi connectivity index (χ3n) is 2.99. The Labute approximate surface area is 126 Å². The first-order chi connectivity index (χ1) is 9.38. The van der Waals surface area contributed by atoms with Crippen molar-refractivity contribution in [1.29, 1.82) is 0 Å². The zero-order valence-electron chi connectivity index (χ0n) is 11.8. The minimum Gasteiger partial charge on any atom is -0.352 e. The lowest BCUT2D eigenvalue weighted by molar-refractivity contribution is -0.117. The molecule has 0 saturated heterocycles. The molecule has 2 nitrogen and oxygen atoms in total. The molecular weight excluding hydrogens is 328 g/mol. The standard InChI is InChI=1S/C15H18BrF2NO/c1-4-5-6-19-15(20)9(2)7-11-8-12(17)14(18)13(16)10(11)3/h7-8H,4-6H2,1-3H3,(H,19,20)/b9-7+. The lowest BCUT2D eigenvalue weighted by atomic mass is 10.1. The smallest absolute Gasteiger partial charge is 0.246 e. The molecule has 0 aliphatic carbocycles. The fourth-order valence-corrected chi connectivity index (χ4v) is 2.09. The largest absolute Gasteiger partial charge is 0.352 e. The van der Waals surface area contributed by atoms with Crippen molar-refractivity contribution in [2.45, 2.75) is 33.6 Å². The molecule has 1 rings (SSSR count). The Bertz CT molecular complexity index is 541. The van der Waals surface area contributed by atoms with Crippen molar-refractivity contribution in [2.24, 2.45) is 0 Å². The molecule has 0 fully saturated rings. The molecule has 0 saturated carbocycles. The number of hydrogen-bond acceptors (Lipinski definition) is 1. The third kappa shape index (κ3) is 4.13. The van der Waals surface area contributed by atoms with Gasteiger partial charge in [-0.15, -0.1) is 0 Å². The van der Waals surface area contributed by atoms with Crippen LogP contribution in [0.25, 0.3) is 6.08 Å². The molecule has 0 aromatic heterocycles. The SMILES string of the molecule is CCCCNC(=O)/C(C)=C/c1cc(F)c(F)c(Br)c1C.